The van der Waals surface area contributed by atoms with Gasteiger partial charge in [-0.05, 0) is 62.1 Å². The second kappa shape index (κ2) is 15.7. The standard InChI is InChI=1S/C29H35F2N3O3.C2H6/c1-5-8-21(3)20-32(6-2)27-11-10-22(16-28(27)37-4)15-23-9-7-12-34(29(23)36)33(13-14-35)26-18-24(30)17-25(31)19-26;1-2/h6,10-11,15-20,35H,2,5,7-9,12-14H2,1,3-4H3;1-2H3/b21-20-,23-15+;. The molecule has 0 saturated carbocycles. The molecule has 8 heteroatoms. The van der Waals surface area contributed by atoms with Crippen molar-refractivity contribution in [1.29, 1.82) is 0 Å². The van der Waals surface area contributed by atoms with Gasteiger partial charge in [-0.1, -0.05) is 45.4 Å². The lowest BCUT2D eigenvalue weighted by Gasteiger charge is -2.39. The van der Waals surface area contributed by atoms with Crippen molar-refractivity contribution >= 4 is 23.4 Å². The highest BCUT2D eigenvalue weighted by atomic mass is 19.1. The average Bonchev–Trinajstić information content (AvgIpc) is 2.92. The Morgan fingerprint density at radius 1 is 1.18 bits per heavy atom. The van der Waals surface area contributed by atoms with Crippen LogP contribution in [-0.2, 0) is 4.79 Å². The Morgan fingerprint density at radius 2 is 1.87 bits per heavy atom. The Hall–Kier alpha value is -3.65. The van der Waals surface area contributed by atoms with Gasteiger partial charge in [0.2, 0.25) is 0 Å². The van der Waals surface area contributed by atoms with Crippen molar-refractivity contribution in [2.75, 3.05) is 36.7 Å². The number of aliphatic hydroxyl groups is 1. The van der Waals surface area contributed by atoms with Gasteiger partial charge in [0.05, 0.1) is 31.6 Å². The van der Waals surface area contributed by atoms with Crippen molar-refractivity contribution < 1.29 is 23.4 Å². The van der Waals surface area contributed by atoms with Crippen LogP contribution in [0.3, 0.4) is 0 Å². The van der Waals surface area contributed by atoms with Gasteiger partial charge in [0.1, 0.15) is 17.4 Å². The van der Waals surface area contributed by atoms with Crippen LogP contribution in [0.25, 0.3) is 6.08 Å². The second-order valence-electron chi connectivity index (χ2n) is 8.92. The van der Waals surface area contributed by atoms with Gasteiger partial charge in [-0.15, -0.1) is 0 Å². The molecule has 1 heterocycles. The van der Waals surface area contributed by atoms with Crippen LogP contribution >= 0.6 is 0 Å². The number of aliphatic hydroxyl groups excluding tert-OH is 1. The molecule has 1 fully saturated rings. The molecular weight excluding hydrogens is 500 g/mol. The molecule has 0 radical (unpaired) electrons. The first-order valence-corrected chi connectivity index (χ1v) is 13.4. The lowest BCUT2D eigenvalue weighted by atomic mass is 10.0. The summed E-state index contributed by atoms with van der Waals surface area (Å²) in [7, 11) is 1.60. The number of anilines is 2. The van der Waals surface area contributed by atoms with Gasteiger partial charge in [0.25, 0.3) is 5.91 Å². The van der Waals surface area contributed by atoms with Crippen LogP contribution in [0.1, 0.15) is 58.9 Å². The minimum absolute atomic E-state index is 0.0206. The number of piperidine rings is 1. The molecule has 3 rings (SSSR count). The minimum atomic E-state index is -0.751. The topological polar surface area (TPSA) is 56.2 Å². The van der Waals surface area contributed by atoms with Gasteiger partial charge in [0, 0.05) is 30.6 Å². The van der Waals surface area contributed by atoms with Crippen molar-refractivity contribution in [2.24, 2.45) is 0 Å². The highest BCUT2D eigenvalue weighted by Crippen LogP contribution is 2.33. The van der Waals surface area contributed by atoms with Crippen molar-refractivity contribution in [3.05, 3.63) is 83.7 Å². The van der Waals surface area contributed by atoms with E-state index in [1.54, 1.807) is 19.4 Å². The Balaban J connectivity index is 0.00000260. The number of benzene rings is 2. The molecule has 39 heavy (non-hydrogen) atoms. The molecule has 2 aromatic carbocycles. The second-order valence-corrected chi connectivity index (χ2v) is 8.92. The van der Waals surface area contributed by atoms with Crippen LogP contribution in [0.15, 0.2) is 66.5 Å². The monoisotopic (exact) mass is 541 g/mol. The Bertz CT molecular complexity index is 1160. The zero-order valence-electron chi connectivity index (χ0n) is 23.7. The van der Waals surface area contributed by atoms with Gasteiger partial charge in [-0.2, -0.15) is 0 Å². The number of hydrogen-bond acceptors (Lipinski definition) is 5. The third-order valence-corrected chi connectivity index (χ3v) is 6.10. The van der Waals surface area contributed by atoms with Crippen LogP contribution in [0.2, 0.25) is 0 Å². The Kier molecular flexibility index (Phi) is 12.7. The largest absolute Gasteiger partial charge is 0.495 e. The highest BCUT2D eigenvalue weighted by Gasteiger charge is 2.29. The van der Waals surface area contributed by atoms with Crippen LogP contribution in [0.5, 0.6) is 5.75 Å². The molecule has 6 nitrogen and oxygen atoms in total. The molecule has 0 spiro atoms. The number of halogens is 2. The Labute approximate surface area is 231 Å². The number of nitrogens with zero attached hydrogens (tertiary/aromatic N) is 3. The maximum Gasteiger partial charge on any atom is 0.268 e. The van der Waals surface area contributed by atoms with E-state index in [0.29, 0.717) is 30.7 Å². The van der Waals surface area contributed by atoms with Crippen LogP contribution in [-0.4, -0.2) is 42.8 Å². The summed E-state index contributed by atoms with van der Waals surface area (Å²) in [6.45, 7) is 12.2. The van der Waals surface area contributed by atoms with Gasteiger partial charge >= 0.3 is 0 Å². The summed E-state index contributed by atoms with van der Waals surface area (Å²) in [6.07, 6.45) is 8.81. The minimum Gasteiger partial charge on any atom is -0.495 e. The van der Waals surface area contributed by atoms with E-state index in [2.05, 4.69) is 20.4 Å². The van der Waals surface area contributed by atoms with E-state index in [1.165, 1.54) is 15.6 Å². The molecule has 1 N–H and O–H groups in total. The maximum absolute atomic E-state index is 13.9. The summed E-state index contributed by atoms with van der Waals surface area (Å²) in [4.78, 5) is 15.4. The van der Waals surface area contributed by atoms with Crippen LogP contribution in [0.4, 0.5) is 20.2 Å². The maximum atomic E-state index is 13.9. The highest BCUT2D eigenvalue weighted by molar-refractivity contribution is 5.99. The lowest BCUT2D eigenvalue weighted by Crippen LogP contribution is -2.51. The van der Waals surface area contributed by atoms with E-state index in [0.717, 1.165) is 42.3 Å². The number of carbonyl (C=O) groups is 1. The molecule has 1 amide bonds. The lowest BCUT2D eigenvalue weighted by molar-refractivity contribution is -0.129. The summed E-state index contributed by atoms with van der Waals surface area (Å²) in [6, 6.07) is 8.76. The summed E-state index contributed by atoms with van der Waals surface area (Å²) in [5, 5.41) is 12.4. The molecule has 0 aromatic heterocycles. The molecule has 1 aliphatic rings. The van der Waals surface area contributed by atoms with Gasteiger partial charge in [0.15, 0.2) is 0 Å². The third kappa shape index (κ3) is 8.42. The number of rotatable bonds is 11. The van der Waals surface area contributed by atoms with E-state index < -0.39 is 11.6 Å². The van der Waals surface area contributed by atoms with Crippen LogP contribution < -0.4 is 14.6 Å². The SMILES string of the molecule is C=CN(/C=C(/C)CCC)c1ccc(/C=C2\CCCN(N(CCO)c3cc(F)cc(F)c3)C2=O)cc1OC.CC. The number of amides is 1. The molecule has 0 aliphatic carbocycles. The molecule has 1 saturated heterocycles. The number of carbonyl (C=O) groups excluding carboxylic acids is 1. The van der Waals surface area contributed by atoms with E-state index in [4.69, 9.17) is 4.74 Å². The van der Waals surface area contributed by atoms with Crippen molar-refractivity contribution in [2.45, 2.75) is 53.4 Å². The molecule has 2 aromatic rings. The number of allylic oxidation sites excluding steroid dienone is 1. The predicted octanol–water partition coefficient (Wildman–Crippen LogP) is 7.07. The zero-order valence-corrected chi connectivity index (χ0v) is 23.7. The first-order valence-electron chi connectivity index (χ1n) is 13.4. The number of hydrazine groups is 1. The van der Waals surface area contributed by atoms with E-state index >= 15 is 0 Å². The van der Waals surface area contributed by atoms with Gasteiger partial charge < -0.3 is 14.7 Å². The van der Waals surface area contributed by atoms with Crippen molar-refractivity contribution in [3.8, 4) is 5.75 Å². The summed E-state index contributed by atoms with van der Waals surface area (Å²) in [5.74, 6) is -1.15. The average molecular weight is 542 g/mol. The van der Waals surface area contributed by atoms with Gasteiger partial charge in [-0.3, -0.25) is 9.80 Å². The summed E-state index contributed by atoms with van der Waals surface area (Å²) >= 11 is 0. The number of ether oxygens (including phenoxy) is 1. The van der Waals surface area contributed by atoms with Gasteiger partial charge in [-0.25, -0.2) is 13.8 Å². The number of methoxy groups -OCH3 is 1. The first kappa shape index (κ1) is 31.6. The fourth-order valence-corrected chi connectivity index (χ4v) is 4.45. The van der Waals surface area contributed by atoms with Crippen molar-refractivity contribution in [1.82, 2.24) is 5.01 Å². The van der Waals surface area contributed by atoms with Crippen molar-refractivity contribution in [3.63, 3.8) is 0 Å². The normalized spacial score (nSPS) is 14.6. The molecule has 212 valence electrons. The third-order valence-electron chi connectivity index (χ3n) is 6.10. The zero-order chi connectivity index (χ0) is 28.9. The molecule has 0 bridgehead atoms. The molecule has 0 unspecified atom stereocenters. The first-order chi connectivity index (χ1) is 18.8. The molecule has 0 atom stereocenters. The van der Waals surface area contributed by atoms with E-state index in [1.807, 2.05) is 43.1 Å². The Morgan fingerprint density at radius 3 is 2.46 bits per heavy atom. The summed E-state index contributed by atoms with van der Waals surface area (Å²) in [5.41, 5.74) is 3.56. The quantitative estimate of drug-likeness (QED) is 0.308. The fraction of sp³-hybridized carbons (Fsp3) is 0.387. The smallest absolute Gasteiger partial charge is 0.268 e. The van der Waals surface area contributed by atoms with E-state index in [9.17, 15) is 18.7 Å². The fourth-order valence-electron chi connectivity index (χ4n) is 4.45. The summed E-state index contributed by atoms with van der Waals surface area (Å²) < 4.78 is 33.4. The number of hydrogen-bond donors (Lipinski definition) is 1. The molecule has 1 aliphatic heterocycles. The van der Waals surface area contributed by atoms with E-state index in [-0.39, 0.29) is 24.7 Å². The molecular formula is C31H41F2N3O3. The van der Waals surface area contributed by atoms with Crippen LogP contribution in [0, 0.1) is 11.6 Å². The predicted molar refractivity (Wildman–Crippen MR) is 155 cm³/mol.